The summed E-state index contributed by atoms with van der Waals surface area (Å²) in [4.78, 5) is 8.91. The van der Waals surface area contributed by atoms with E-state index in [4.69, 9.17) is 4.74 Å². The second kappa shape index (κ2) is 11.4. The van der Waals surface area contributed by atoms with E-state index in [-0.39, 0.29) is 24.0 Å². The molecule has 0 saturated carbocycles. The van der Waals surface area contributed by atoms with Crippen LogP contribution in [0.5, 0.6) is 5.75 Å². The van der Waals surface area contributed by atoms with Gasteiger partial charge in [0.25, 0.3) is 0 Å². The zero-order valence-electron chi connectivity index (χ0n) is 16.1. The topological polar surface area (TPSA) is 58.5 Å². The van der Waals surface area contributed by atoms with E-state index in [9.17, 15) is 0 Å². The number of nitrogens with zero attached hydrogens (tertiary/aromatic N) is 2. The maximum atomic E-state index is 5.43. The van der Waals surface area contributed by atoms with Crippen molar-refractivity contribution in [3.05, 3.63) is 45.4 Å². The predicted octanol–water partition coefficient (Wildman–Crippen LogP) is 4.11. The second-order valence-electron chi connectivity index (χ2n) is 6.25. The number of benzene rings is 1. The Balaban J connectivity index is 0.00000338. The molecule has 0 aliphatic heterocycles. The van der Waals surface area contributed by atoms with E-state index in [1.165, 1.54) is 16.1 Å². The minimum Gasteiger partial charge on any atom is -0.496 e. The minimum absolute atomic E-state index is 0. The highest BCUT2D eigenvalue weighted by molar-refractivity contribution is 14.0. The number of aryl methyl sites for hydroxylation is 1. The highest BCUT2D eigenvalue weighted by atomic mass is 127. The summed E-state index contributed by atoms with van der Waals surface area (Å²) in [6.07, 6.45) is 0.875. The third-order valence-electron chi connectivity index (χ3n) is 3.85. The van der Waals surface area contributed by atoms with E-state index in [1.54, 1.807) is 25.5 Å². The Bertz CT molecular complexity index is 715. The Morgan fingerprint density at radius 1 is 1.31 bits per heavy atom. The van der Waals surface area contributed by atoms with Crippen LogP contribution in [0.25, 0.3) is 0 Å². The first kappa shape index (κ1) is 22.7. The lowest BCUT2D eigenvalue weighted by molar-refractivity contribution is 0.409. The van der Waals surface area contributed by atoms with Gasteiger partial charge in [0.1, 0.15) is 5.75 Å². The number of halogens is 1. The fraction of sp³-hybridized carbons (Fsp3) is 0.474. The van der Waals surface area contributed by atoms with Crippen LogP contribution in [-0.2, 0) is 13.0 Å². The highest BCUT2D eigenvalue weighted by Gasteiger charge is 2.07. The average molecular weight is 488 g/mol. The molecule has 2 aromatic rings. The van der Waals surface area contributed by atoms with E-state index >= 15 is 0 Å². The summed E-state index contributed by atoms with van der Waals surface area (Å²) in [6, 6.07) is 6.25. The first-order chi connectivity index (χ1) is 12.0. The molecule has 0 fully saturated rings. The number of rotatable bonds is 7. The Morgan fingerprint density at radius 2 is 2.08 bits per heavy atom. The molecule has 0 aliphatic rings. The van der Waals surface area contributed by atoms with Crippen LogP contribution < -0.4 is 15.4 Å². The molecule has 2 rings (SSSR count). The second-order valence-corrected chi connectivity index (χ2v) is 7.14. The number of thiazole rings is 1. The molecule has 5 nitrogen and oxygen atoms in total. The zero-order chi connectivity index (χ0) is 18.2. The summed E-state index contributed by atoms with van der Waals surface area (Å²) in [5, 5.41) is 9.94. The van der Waals surface area contributed by atoms with Gasteiger partial charge in [0.2, 0.25) is 0 Å². The van der Waals surface area contributed by atoms with Crippen molar-refractivity contribution in [3.63, 3.8) is 0 Å². The van der Waals surface area contributed by atoms with Gasteiger partial charge in [0.05, 0.1) is 24.4 Å². The van der Waals surface area contributed by atoms with Crippen molar-refractivity contribution in [2.24, 2.45) is 4.99 Å². The normalized spacial score (nSPS) is 11.2. The number of hydrogen-bond acceptors (Lipinski definition) is 4. The molecule has 144 valence electrons. The van der Waals surface area contributed by atoms with Gasteiger partial charge in [-0.2, -0.15) is 0 Å². The third kappa shape index (κ3) is 6.75. The van der Waals surface area contributed by atoms with Gasteiger partial charge in [-0.15, -0.1) is 35.3 Å². The monoisotopic (exact) mass is 488 g/mol. The molecule has 7 heteroatoms. The lowest BCUT2D eigenvalue weighted by Gasteiger charge is -2.13. The molecule has 1 aromatic heterocycles. The SMILES string of the molecule is CN=C(NCCc1cc(C)ccc1OC)NCc1csc(C(C)C)n1.I. The largest absolute Gasteiger partial charge is 0.496 e. The maximum Gasteiger partial charge on any atom is 0.191 e. The number of aliphatic imine (C=N–C) groups is 1. The van der Waals surface area contributed by atoms with E-state index in [1.807, 2.05) is 6.07 Å². The van der Waals surface area contributed by atoms with Crippen molar-refractivity contribution >= 4 is 41.3 Å². The number of nitrogens with one attached hydrogen (secondary N) is 2. The smallest absolute Gasteiger partial charge is 0.191 e. The summed E-state index contributed by atoms with van der Waals surface area (Å²) in [5.41, 5.74) is 3.49. The third-order valence-corrected chi connectivity index (χ3v) is 5.04. The van der Waals surface area contributed by atoms with Crippen LogP contribution in [0.15, 0.2) is 28.6 Å². The molecule has 0 unspecified atom stereocenters. The average Bonchev–Trinajstić information content (AvgIpc) is 3.07. The number of aromatic nitrogens is 1. The van der Waals surface area contributed by atoms with Crippen LogP contribution in [-0.4, -0.2) is 31.6 Å². The van der Waals surface area contributed by atoms with Crippen molar-refractivity contribution in [2.75, 3.05) is 20.7 Å². The first-order valence-corrected chi connectivity index (χ1v) is 9.43. The fourth-order valence-corrected chi connectivity index (χ4v) is 3.32. The van der Waals surface area contributed by atoms with Crippen molar-refractivity contribution in [3.8, 4) is 5.75 Å². The molecule has 0 radical (unpaired) electrons. The highest BCUT2D eigenvalue weighted by Crippen LogP contribution is 2.20. The molecule has 0 bridgehead atoms. The van der Waals surface area contributed by atoms with Crippen LogP contribution >= 0.6 is 35.3 Å². The summed E-state index contributed by atoms with van der Waals surface area (Å²) in [5.74, 6) is 2.19. The zero-order valence-corrected chi connectivity index (χ0v) is 19.3. The van der Waals surface area contributed by atoms with E-state index < -0.39 is 0 Å². The van der Waals surface area contributed by atoms with Crippen LogP contribution in [0.1, 0.15) is 41.6 Å². The van der Waals surface area contributed by atoms with Crippen molar-refractivity contribution in [1.82, 2.24) is 15.6 Å². The summed E-state index contributed by atoms with van der Waals surface area (Å²) >= 11 is 1.71. The number of guanidine groups is 1. The summed E-state index contributed by atoms with van der Waals surface area (Å²) in [7, 11) is 3.49. The van der Waals surface area contributed by atoms with E-state index in [0.717, 1.165) is 30.4 Å². The van der Waals surface area contributed by atoms with Gasteiger partial charge in [-0.25, -0.2) is 4.98 Å². The predicted molar refractivity (Wildman–Crippen MR) is 121 cm³/mol. The quantitative estimate of drug-likeness (QED) is 0.350. The first-order valence-electron chi connectivity index (χ1n) is 8.55. The fourth-order valence-electron chi connectivity index (χ4n) is 2.48. The molecule has 0 aliphatic carbocycles. The Hall–Kier alpha value is -1.35. The van der Waals surface area contributed by atoms with E-state index in [0.29, 0.717) is 12.5 Å². The lowest BCUT2D eigenvalue weighted by Crippen LogP contribution is -2.38. The van der Waals surface area contributed by atoms with Gasteiger partial charge in [-0.3, -0.25) is 4.99 Å². The van der Waals surface area contributed by atoms with Crippen LogP contribution in [0, 0.1) is 6.92 Å². The summed E-state index contributed by atoms with van der Waals surface area (Å²) in [6.45, 7) is 7.88. The Kier molecular flexibility index (Phi) is 9.93. The van der Waals surface area contributed by atoms with Crippen LogP contribution in [0.2, 0.25) is 0 Å². The molecule has 0 spiro atoms. The Labute approximate surface area is 177 Å². The minimum atomic E-state index is 0. The van der Waals surface area contributed by atoms with Crippen LogP contribution in [0.4, 0.5) is 0 Å². The molecular formula is C19H29IN4OS. The van der Waals surface area contributed by atoms with Crippen LogP contribution in [0.3, 0.4) is 0 Å². The molecule has 0 amide bonds. The standard InChI is InChI=1S/C19H28N4OS.HI/c1-13(2)18-23-16(12-25-18)11-22-19(20-4)21-9-8-15-10-14(3)6-7-17(15)24-5;/h6-7,10,12-13H,8-9,11H2,1-5H3,(H2,20,21,22);1H. The van der Waals surface area contributed by atoms with Gasteiger partial charge in [-0.05, 0) is 25.0 Å². The lowest BCUT2D eigenvalue weighted by atomic mass is 10.1. The van der Waals surface area contributed by atoms with Crippen molar-refractivity contribution in [1.29, 1.82) is 0 Å². The molecular weight excluding hydrogens is 459 g/mol. The molecule has 0 atom stereocenters. The van der Waals surface area contributed by atoms with Crippen molar-refractivity contribution in [2.45, 2.75) is 39.7 Å². The number of hydrogen-bond donors (Lipinski definition) is 2. The molecule has 26 heavy (non-hydrogen) atoms. The van der Waals surface area contributed by atoms with Gasteiger partial charge in [-0.1, -0.05) is 31.5 Å². The number of ether oxygens (including phenoxy) is 1. The molecule has 2 N–H and O–H groups in total. The summed E-state index contributed by atoms with van der Waals surface area (Å²) < 4.78 is 5.43. The Morgan fingerprint density at radius 3 is 2.69 bits per heavy atom. The number of methoxy groups -OCH3 is 1. The maximum absolute atomic E-state index is 5.43. The van der Waals surface area contributed by atoms with Crippen molar-refractivity contribution < 1.29 is 4.74 Å². The van der Waals surface area contributed by atoms with E-state index in [2.05, 4.69) is 58.9 Å². The van der Waals surface area contributed by atoms with Gasteiger partial charge in [0, 0.05) is 24.9 Å². The van der Waals surface area contributed by atoms with Gasteiger partial charge >= 0.3 is 0 Å². The molecule has 1 heterocycles. The molecule has 1 aromatic carbocycles. The van der Waals surface area contributed by atoms with Gasteiger partial charge in [0.15, 0.2) is 5.96 Å². The van der Waals surface area contributed by atoms with Gasteiger partial charge < -0.3 is 15.4 Å². The molecule has 0 saturated heterocycles.